The average molecular weight is 287 g/mol. The Kier molecular flexibility index (Phi) is 4.40. The minimum Gasteiger partial charge on any atom is -0.408 e. The first-order chi connectivity index (χ1) is 9.84. The van der Waals surface area contributed by atoms with Crippen LogP contribution in [0.3, 0.4) is 0 Å². The Balaban J connectivity index is 2.96. The lowest BCUT2D eigenvalue weighted by Crippen LogP contribution is -2.35. The van der Waals surface area contributed by atoms with Crippen molar-refractivity contribution in [1.29, 1.82) is 0 Å². The third-order valence-corrected chi connectivity index (χ3v) is 3.57. The number of benzene rings is 1. The predicted octanol–water partition coefficient (Wildman–Crippen LogP) is 4.09. The van der Waals surface area contributed by atoms with E-state index in [0.717, 1.165) is 16.5 Å². The first kappa shape index (κ1) is 15.6. The van der Waals surface area contributed by atoms with E-state index in [2.05, 4.69) is 27.7 Å². The van der Waals surface area contributed by atoms with Gasteiger partial charge >= 0.3 is 0 Å². The van der Waals surface area contributed by atoms with Gasteiger partial charge in [0, 0.05) is 0 Å². The zero-order chi connectivity index (χ0) is 15.7. The summed E-state index contributed by atoms with van der Waals surface area (Å²) in [7, 11) is 0. The molecular weight excluding hydrogens is 262 g/mol. The van der Waals surface area contributed by atoms with E-state index in [4.69, 9.17) is 4.84 Å². The van der Waals surface area contributed by atoms with Crippen LogP contribution in [0.25, 0.3) is 10.8 Å². The summed E-state index contributed by atoms with van der Waals surface area (Å²) in [5.74, 6) is 0.549. The van der Waals surface area contributed by atoms with Crippen LogP contribution < -0.4 is 10.4 Å². The van der Waals surface area contributed by atoms with Crippen LogP contribution in [0.1, 0.15) is 64.6 Å². The Morgan fingerprint density at radius 2 is 1.48 bits per heavy atom. The highest BCUT2D eigenvalue weighted by Gasteiger charge is 2.22. The van der Waals surface area contributed by atoms with Crippen molar-refractivity contribution in [3.8, 4) is 0 Å². The number of aromatic nitrogens is 1. The second kappa shape index (κ2) is 5.92. The molecule has 0 radical (unpaired) electrons. The van der Waals surface area contributed by atoms with E-state index in [0.29, 0.717) is 5.92 Å². The van der Waals surface area contributed by atoms with Crippen LogP contribution in [0.5, 0.6) is 0 Å². The molecule has 3 nitrogen and oxygen atoms in total. The van der Waals surface area contributed by atoms with Gasteiger partial charge in [0.2, 0.25) is 0 Å². The van der Waals surface area contributed by atoms with Crippen molar-refractivity contribution in [3.05, 3.63) is 45.9 Å². The molecule has 0 saturated carbocycles. The van der Waals surface area contributed by atoms with E-state index in [1.54, 1.807) is 0 Å². The maximum atomic E-state index is 12.8. The van der Waals surface area contributed by atoms with Gasteiger partial charge in [-0.1, -0.05) is 45.9 Å². The Labute approximate surface area is 126 Å². The molecule has 21 heavy (non-hydrogen) atoms. The summed E-state index contributed by atoms with van der Waals surface area (Å²) in [6, 6.07) is 7.82. The van der Waals surface area contributed by atoms with Crippen LogP contribution in [-0.2, 0) is 0 Å². The average Bonchev–Trinajstić information content (AvgIpc) is 2.40. The van der Waals surface area contributed by atoms with Crippen LogP contribution in [0, 0.1) is 0 Å². The molecule has 1 heterocycles. The van der Waals surface area contributed by atoms with Gasteiger partial charge in [0.1, 0.15) is 6.10 Å². The molecule has 114 valence electrons. The lowest BCUT2D eigenvalue weighted by atomic mass is 9.90. The molecule has 0 saturated heterocycles. The molecule has 0 aliphatic rings. The standard InChI is InChI=1S/C18H25NO2/c1-11(2)16-14-9-7-8-10-15(14)18(20)19(21-13(5)6)17(16)12(3)4/h7-13H,1-6H3. The molecule has 1 aromatic heterocycles. The van der Waals surface area contributed by atoms with E-state index < -0.39 is 0 Å². The summed E-state index contributed by atoms with van der Waals surface area (Å²) in [6.07, 6.45) is -0.0404. The highest BCUT2D eigenvalue weighted by Crippen LogP contribution is 2.31. The van der Waals surface area contributed by atoms with Crippen LogP contribution in [-0.4, -0.2) is 10.8 Å². The Morgan fingerprint density at radius 3 is 1.95 bits per heavy atom. The van der Waals surface area contributed by atoms with E-state index in [9.17, 15) is 4.79 Å². The van der Waals surface area contributed by atoms with E-state index in [1.165, 1.54) is 10.3 Å². The molecule has 0 bridgehead atoms. The molecule has 0 aliphatic carbocycles. The zero-order valence-electron chi connectivity index (χ0n) is 13.8. The molecular formula is C18H25NO2. The van der Waals surface area contributed by atoms with E-state index >= 15 is 0 Å². The maximum absolute atomic E-state index is 12.8. The Morgan fingerprint density at radius 1 is 0.905 bits per heavy atom. The molecule has 0 N–H and O–H groups in total. The van der Waals surface area contributed by atoms with Crippen molar-refractivity contribution in [2.45, 2.75) is 59.5 Å². The zero-order valence-corrected chi connectivity index (χ0v) is 13.8. The first-order valence-electron chi connectivity index (χ1n) is 7.69. The highest BCUT2D eigenvalue weighted by atomic mass is 16.7. The summed E-state index contributed by atoms with van der Waals surface area (Å²) in [6.45, 7) is 12.4. The topological polar surface area (TPSA) is 31.2 Å². The van der Waals surface area contributed by atoms with Gasteiger partial charge in [-0.05, 0) is 42.7 Å². The number of hydrogen-bond acceptors (Lipinski definition) is 2. The van der Waals surface area contributed by atoms with Gasteiger partial charge in [-0.15, -0.1) is 4.73 Å². The van der Waals surface area contributed by atoms with Crippen molar-refractivity contribution in [2.75, 3.05) is 0 Å². The van der Waals surface area contributed by atoms with Crippen molar-refractivity contribution < 1.29 is 4.84 Å². The fourth-order valence-electron chi connectivity index (χ4n) is 2.84. The number of nitrogens with zero attached hydrogens (tertiary/aromatic N) is 1. The third kappa shape index (κ3) is 2.82. The molecule has 0 amide bonds. The molecule has 2 aromatic rings. The number of hydrogen-bond donors (Lipinski definition) is 0. The Bertz CT molecular complexity index is 696. The van der Waals surface area contributed by atoms with Gasteiger partial charge in [0.15, 0.2) is 0 Å². The number of rotatable bonds is 4. The molecule has 0 unspecified atom stereocenters. The highest BCUT2D eigenvalue weighted by molar-refractivity contribution is 5.86. The number of fused-ring (bicyclic) bond motifs is 1. The molecule has 0 spiro atoms. The summed E-state index contributed by atoms with van der Waals surface area (Å²) in [4.78, 5) is 18.6. The summed E-state index contributed by atoms with van der Waals surface area (Å²) < 4.78 is 1.52. The second-order valence-electron chi connectivity index (χ2n) is 6.41. The molecule has 3 heteroatoms. The lowest BCUT2D eigenvalue weighted by Gasteiger charge is -2.25. The first-order valence-corrected chi connectivity index (χ1v) is 7.69. The van der Waals surface area contributed by atoms with Crippen LogP contribution >= 0.6 is 0 Å². The summed E-state index contributed by atoms with van der Waals surface area (Å²) in [5.41, 5.74) is 2.13. The molecule has 1 aromatic carbocycles. The molecule has 0 aliphatic heterocycles. The van der Waals surface area contributed by atoms with Gasteiger partial charge in [-0.2, -0.15) is 0 Å². The SMILES string of the molecule is CC(C)On1c(C(C)C)c(C(C)C)c2ccccc2c1=O. The van der Waals surface area contributed by atoms with Crippen molar-refractivity contribution in [1.82, 2.24) is 4.73 Å². The predicted molar refractivity (Wildman–Crippen MR) is 88.1 cm³/mol. The van der Waals surface area contributed by atoms with Gasteiger partial charge in [-0.25, -0.2) is 0 Å². The van der Waals surface area contributed by atoms with Gasteiger partial charge in [0.25, 0.3) is 5.56 Å². The smallest absolute Gasteiger partial charge is 0.291 e. The molecule has 0 atom stereocenters. The van der Waals surface area contributed by atoms with Crippen molar-refractivity contribution in [3.63, 3.8) is 0 Å². The van der Waals surface area contributed by atoms with Gasteiger partial charge < -0.3 is 4.84 Å². The van der Waals surface area contributed by atoms with Crippen LogP contribution in [0.15, 0.2) is 29.1 Å². The molecule has 0 fully saturated rings. The minimum atomic E-state index is -0.0626. The van der Waals surface area contributed by atoms with Crippen LogP contribution in [0.4, 0.5) is 0 Å². The minimum absolute atomic E-state index is 0.0404. The quantitative estimate of drug-likeness (QED) is 0.848. The van der Waals surface area contributed by atoms with Gasteiger partial charge in [-0.3, -0.25) is 4.79 Å². The Hall–Kier alpha value is -1.77. The maximum Gasteiger partial charge on any atom is 0.291 e. The monoisotopic (exact) mass is 287 g/mol. The lowest BCUT2D eigenvalue weighted by molar-refractivity contribution is 0.0464. The van der Waals surface area contributed by atoms with E-state index in [-0.39, 0.29) is 17.6 Å². The second-order valence-corrected chi connectivity index (χ2v) is 6.41. The summed E-state index contributed by atoms with van der Waals surface area (Å²) in [5, 5.41) is 1.77. The fraction of sp³-hybridized carbons (Fsp3) is 0.500. The van der Waals surface area contributed by atoms with Crippen molar-refractivity contribution >= 4 is 10.8 Å². The van der Waals surface area contributed by atoms with E-state index in [1.807, 2.05) is 38.1 Å². The largest absolute Gasteiger partial charge is 0.408 e. The fourth-order valence-corrected chi connectivity index (χ4v) is 2.84. The van der Waals surface area contributed by atoms with Gasteiger partial charge in [0.05, 0.1) is 11.1 Å². The molecule has 2 rings (SSSR count). The van der Waals surface area contributed by atoms with Crippen molar-refractivity contribution in [2.24, 2.45) is 0 Å². The number of pyridine rings is 1. The van der Waals surface area contributed by atoms with Crippen LogP contribution in [0.2, 0.25) is 0 Å². The normalized spacial score (nSPS) is 11.9. The third-order valence-electron chi connectivity index (χ3n) is 3.57. The summed E-state index contributed by atoms with van der Waals surface area (Å²) >= 11 is 0.